The molecule has 1 atom stereocenters. The van der Waals surface area contributed by atoms with Gasteiger partial charge in [-0.15, -0.1) is 11.3 Å². The average molecular weight is 389 g/mol. The van der Waals surface area contributed by atoms with Crippen LogP contribution in [0.1, 0.15) is 16.5 Å². The van der Waals surface area contributed by atoms with Crippen molar-refractivity contribution in [1.82, 2.24) is 14.7 Å². The Labute approximate surface area is 161 Å². The average Bonchev–Trinajstić information content (AvgIpc) is 3.16. The first-order chi connectivity index (χ1) is 12.6. The van der Waals surface area contributed by atoms with Gasteiger partial charge < -0.3 is 10.2 Å². The minimum atomic E-state index is -0.293. The van der Waals surface area contributed by atoms with Crippen LogP contribution < -0.4 is 10.9 Å². The number of benzene rings is 1. The fourth-order valence-corrected chi connectivity index (χ4v) is 3.82. The Morgan fingerprint density at radius 3 is 2.65 bits per heavy atom. The molecule has 2 heterocycles. The highest BCUT2D eigenvalue weighted by Crippen LogP contribution is 2.24. The molecule has 3 rings (SSSR count). The van der Waals surface area contributed by atoms with Crippen molar-refractivity contribution in [1.29, 1.82) is 0 Å². The maximum Gasteiger partial charge on any atom is 0.287 e. The maximum absolute atomic E-state index is 12.5. The number of nitrogens with one attached hydrogen (secondary N) is 1. The Kier molecular flexibility index (Phi) is 6.08. The van der Waals surface area contributed by atoms with Gasteiger partial charge in [-0.2, -0.15) is 5.10 Å². The van der Waals surface area contributed by atoms with Gasteiger partial charge in [-0.3, -0.25) is 4.79 Å². The predicted octanol–water partition coefficient (Wildman–Crippen LogP) is 3.72. The summed E-state index contributed by atoms with van der Waals surface area (Å²) in [6.45, 7) is 1.03. The van der Waals surface area contributed by atoms with E-state index >= 15 is 0 Å². The van der Waals surface area contributed by atoms with E-state index in [0.717, 1.165) is 5.56 Å². The first kappa shape index (κ1) is 18.6. The summed E-state index contributed by atoms with van der Waals surface area (Å²) >= 11 is 8.02. The number of hydrogen-bond donors (Lipinski definition) is 1. The second-order valence-corrected chi connectivity index (χ2v) is 7.55. The van der Waals surface area contributed by atoms with Gasteiger partial charge >= 0.3 is 0 Å². The molecule has 0 radical (unpaired) electrons. The molecule has 1 unspecified atom stereocenters. The number of hydrogen-bond acceptors (Lipinski definition) is 5. The van der Waals surface area contributed by atoms with Crippen LogP contribution in [-0.4, -0.2) is 35.3 Å². The van der Waals surface area contributed by atoms with Crippen molar-refractivity contribution in [3.05, 3.63) is 79.9 Å². The van der Waals surface area contributed by atoms with E-state index in [2.05, 4.69) is 26.8 Å². The fourth-order valence-electron chi connectivity index (χ4n) is 2.68. The van der Waals surface area contributed by atoms with E-state index in [1.54, 1.807) is 17.5 Å². The molecule has 0 bridgehead atoms. The van der Waals surface area contributed by atoms with Crippen molar-refractivity contribution in [3.63, 3.8) is 0 Å². The third kappa shape index (κ3) is 4.33. The van der Waals surface area contributed by atoms with Gasteiger partial charge in [0.1, 0.15) is 5.02 Å². The van der Waals surface area contributed by atoms with Crippen LogP contribution in [0.3, 0.4) is 0 Å². The Bertz CT molecular complexity index is 894. The lowest BCUT2D eigenvalue weighted by Crippen LogP contribution is -2.28. The van der Waals surface area contributed by atoms with Crippen molar-refractivity contribution >= 4 is 28.6 Å². The highest BCUT2D eigenvalue weighted by molar-refractivity contribution is 7.10. The highest BCUT2D eigenvalue weighted by Gasteiger charge is 2.16. The van der Waals surface area contributed by atoms with E-state index in [4.69, 9.17) is 11.6 Å². The van der Waals surface area contributed by atoms with E-state index in [9.17, 15) is 4.79 Å². The molecule has 0 saturated carbocycles. The number of likely N-dealkylation sites (N-methyl/N-ethyl adjacent to an activating group) is 1. The van der Waals surface area contributed by atoms with Crippen LogP contribution in [0.2, 0.25) is 5.02 Å². The van der Waals surface area contributed by atoms with E-state index in [1.807, 2.05) is 50.5 Å². The largest absolute Gasteiger partial charge is 0.380 e. The second kappa shape index (κ2) is 8.49. The van der Waals surface area contributed by atoms with Crippen LogP contribution in [0.4, 0.5) is 5.69 Å². The smallest absolute Gasteiger partial charge is 0.287 e. The number of aromatic nitrogens is 2. The molecule has 0 saturated heterocycles. The molecule has 0 aliphatic heterocycles. The number of halogens is 1. The normalized spacial score (nSPS) is 12.3. The molecule has 0 amide bonds. The van der Waals surface area contributed by atoms with Gasteiger partial charge in [0.25, 0.3) is 5.56 Å². The van der Waals surface area contributed by atoms with Crippen LogP contribution in [0.15, 0.2) is 58.8 Å². The van der Waals surface area contributed by atoms with Gasteiger partial charge in [-0.1, -0.05) is 48.0 Å². The molecule has 0 spiro atoms. The lowest BCUT2D eigenvalue weighted by molar-refractivity contribution is 0.316. The molecule has 0 fully saturated rings. The molecule has 1 N–H and O–H groups in total. The van der Waals surface area contributed by atoms with Gasteiger partial charge in [0.2, 0.25) is 0 Å². The van der Waals surface area contributed by atoms with E-state index in [0.29, 0.717) is 18.8 Å². The van der Waals surface area contributed by atoms with Crippen LogP contribution in [0, 0.1) is 0 Å². The van der Waals surface area contributed by atoms with Crippen molar-refractivity contribution in [2.45, 2.75) is 12.6 Å². The standard InChI is InChI=1S/C19H21ClN4OS/c1-23(2)16(17-9-6-10-26-17)12-21-15-11-22-24(19(25)18(15)20)13-14-7-4-3-5-8-14/h3-11,16,21H,12-13H2,1-2H3. The molecular weight excluding hydrogens is 368 g/mol. The Balaban J connectivity index is 1.75. The molecule has 7 heteroatoms. The Morgan fingerprint density at radius 2 is 2.00 bits per heavy atom. The first-order valence-corrected chi connectivity index (χ1v) is 9.55. The molecule has 136 valence electrons. The van der Waals surface area contributed by atoms with E-state index < -0.39 is 0 Å². The molecule has 3 aromatic rings. The van der Waals surface area contributed by atoms with E-state index in [1.165, 1.54) is 9.56 Å². The third-order valence-corrected chi connectivity index (χ3v) is 5.48. The number of nitrogens with zero attached hydrogens (tertiary/aromatic N) is 3. The zero-order chi connectivity index (χ0) is 18.5. The summed E-state index contributed by atoms with van der Waals surface area (Å²) in [7, 11) is 4.06. The summed E-state index contributed by atoms with van der Waals surface area (Å²) in [4.78, 5) is 15.9. The number of anilines is 1. The van der Waals surface area contributed by atoms with Gasteiger partial charge in [0, 0.05) is 11.4 Å². The molecule has 0 aliphatic carbocycles. The Hall–Kier alpha value is -2.15. The van der Waals surface area contributed by atoms with E-state index in [-0.39, 0.29) is 16.6 Å². The summed E-state index contributed by atoms with van der Waals surface area (Å²) in [5.41, 5.74) is 1.27. The summed E-state index contributed by atoms with van der Waals surface area (Å²) in [6, 6.07) is 14.1. The fraction of sp³-hybridized carbons (Fsp3) is 0.263. The lowest BCUT2D eigenvalue weighted by Gasteiger charge is -2.24. The van der Waals surface area contributed by atoms with Crippen LogP contribution >= 0.6 is 22.9 Å². The quantitative estimate of drug-likeness (QED) is 0.670. The minimum absolute atomic E-state index is 0.166. The van der Waals surface area contributed by atoms with Gasteiger partial charge in [-0.25, -0.2) is 4.68 Å². The number of thiophene rings is 1. The maximum atomic E-state index is 12.5. The molecular formula is C19H21ClN4OS. The Morgan fingerprint density at radius 1 is 1.23 bits per heavy atom. The van der Waals surface area contributed by atoms with Crippen molar-refractivity contribution in [2.24, 2.45) is 0 Å². The molecule has 26 heavy (non-hydrogen) atoms. The molecule has 5 nitrogen and oxygen atoms in total. The third-order valence-electron chi connectivity index (χ3n) is 4.14. The summed E-state index contributed by atoms with van der Waals surface area (Å²) in [5, 5.41) is 9.76. The van der Waals surface area contributed by atoms with Crippen molar-refractivity contribution in [2.75, 3.05) is 26.0 Å². The summed E-state index contributed by atoms with van der Waals surface area (Å²) < 4.78 is 1.38. The zero-order valence-electron chi connectivity index (χ0n) is 14.7. The molecule has 0 aliphatic rings. The van der Waals surface area contributed by atoms with Crippen LogP contribution in [-0.2, 0) is 6.54 Å². The highest BCUT2D eigenvalue weighted by atomic mass is 35.5. The molecule has 1 aromatic carbocycles. The first-order valence-electron chi connectivity index (χ1n) is 8.29. The SMILES string of the molecule is CN(C)C(CNc1cnn(Cc2ccccc2)c(=O)c1Cl)c1cccs1. The van der Waals surface area contributed by atoms with Gasteiger partial charge in [0.05, 0.1) is 24.5 Å². The van der Waals surface area contributed by atoms with Crippen LogP contribution in [0.25, 0.3) is 0 Å². The minimum Gasteiger partial charge on any atom is -0.380 e. The molecule has 2 aromatic heterocycles. The lowest BCUT2D eigenvalue weighted by atomic mass is 10.2. The second-order valence-electron chi connectivity index (χ2n) is 6.20. The van der Waals surface area contributed by atoms with Gasteiger partial charge in [0.15, 0.2) is 0 Å². The summed E-state index contributed by atoms with van der Waals surface area (Å²) in [5.74, 6) is 0. The van der Waals surface area contributed by atoms with Crippen LogP contribution in [0.5, 0.6) is 0 Å². The van der Waals surface area contributed by atoms with Crippen molar-refractivity contribution < 1.29 is 0 Å². The zero-order valence-corrected chi connectivity index (χ0v) is 16.3. The summed E-state index contributed by atoms with van der Waals surface area (Å²) in [6.07, 6.45) is 1.62. The van der Waals surface area contributed by atoms with Gasteiger partial charge in [-0.05, 0) is 31.1 Å². The topological polar surface area (TPSA) is 50.2 Å². The number of rotatable bonds is 7. The van der Waals surface area contributed by atoms with Crippen molar-refractivity contribution in [3.8, 4) is 0 Å². The monoisotopic (exact) mass is 388 g/mol. The predicted molar refractivity (Wildman–Crippen MR) is 108 cm³/mol.